The molecule has 0 amide bonds. The summed E-state index contributed by atoms with van der Waals surface area (Å²) in [7, 11) is 0. The van der Waals surface area contributed by atoms with E-state index in [9.17, 15) is 4.79 Å². The van der Waals surface area contributed by atoms with Crippen LogP contribution in [0.1, 0.15) is 6.92 Å². The van der Waals surface area contributed by atoms with Crippen molar-refractivity contribution in [3.63, 3.8) is 0 Å². The van der Waals surface area contributed by atoms with E-state index in [-0.39, 0.29) is 12.3 Å². The number of hydrogen-bond acceptors (Lipinski definition) is 4. The van der Waals surface area contributed by atoms with Crippen LogP contribution in [0.15, 0.2) is 22.6 Å². The highest BCUT2D eigenvalue weighted by atomic mass is 16.5. The first-order valence-electron chi connectivity index (χ1n) is 2.69. The Hall–Kier alpha value is -1.39. The minimum absolute atomic E-state index is 0.0932. The molecular weight excluding hydrogens is 134 g/mol. The fraction of sp³-hybridized carbons (Fsp3) is 0.400. The zero-order valence-electron chi connectivity index (χ0n) is 5.70. The second-order valence-electron chi connectivity index (χ2n) is 1.38. The molecule has 0 aliphatic rings. The highest BCUT2D eigenvalue weighted by Gasteiger charge is 2.04. The van der Waals surface area contributed by atoms with E-state index in [1.165, 1.54) is 0 Å². The molecule has 0 fully saturated rings. The van der Waals surface area contributed by atoms with Gasteiger partial charge >= 0.3 is 5.97 Å². The molecule has 5 heteroatoms. The Morgan fingerprint density at radius 3 is 2.80 bits per heavy atom. The largest absolute Gasteiger partial charge is 0.461 e. The lowest BCUT2D eigenvalue weighted by molar-refractivity contribution is -0.138. The van der Waals surface area contributed by atoms with E-state index in [2.05, 4.69) is 27.5 Å². The summed E-state index contributed by atoms with van der Waals surface area (Å²) in [4.78, 5) is 10.6. The number of carbonyl (C=O) groups excluding carboxylic acids is 1. The third kappa shape index (κ3) is 2.81. The predicted molar refractivity (Wildman–Crippen MR) is 34.8 cm³/mol. The molecule has 0 saturated carbocycles. The lowest BCUT2D eigenvalue weighted by Gasteiger charge is -1.96. The van der Waals surface area contributed by atoms with Gasteiger partial charge in [-0.2, -0.15) is 0 Å². The van der Waals surface area contributed by atoms with Crippen molar-refractivity contribution in [1.29, 1.82) is 0 Å². The number of nitrogens with two attached hydrogens (primary N) is 1. The second-order valence-corrected chi connectivity index (χ2v) is 1.38. The van der Waals surface area contributed by atoms with Gasteiger partial charge < -0.3 is 10.6 Å². The van der Waals surface area contributed by atoms with Crippen molar-refractivity contribution >= 4 is 5.97 Å². The monoisotopic (exact) mass is 143 g/mol. The zero-order chi connectivity index (χ0) is 7.98. The standard InChI is InChI=1S/C5H9N3O2/c1-3-10-5(9)4(2)7-8-6/h2-3H2,1H3,(H2,6,7). The van der Waals surface area contributed by atoms with Crippen LogP contribution >= 0.6 is 0 Å². The maximum Gasteiger partial charge on any atom is 0.358 e. The Kier molecular flexibility index (Phi) is 3.86. The predicted octanol–water partition coefficient (Wildman–Crippen LogP) is 0.389. The number of nitrogens with zero attached hydrogens (tertiary/aromatic N) is 2. The van der Waals surface area contributed by atoms with Crippen molar-refractivity contribution in [3.05, 3.63) is 12.3 Å². The van der Waals surface area contributed by atoms with Crippen LogP contribution in [0.5, 0.6) is 0 Å². The molecule has 0 aromatic rings. The summed E-state index contributed by atoms with van der Waals surface area (Å²) in [5, 5.41) is 6.04. The van der Waals surface area contributed by atoms with E-state index in [0.29, 0.717) is 0 Å². The summed E-state index contributed by atoms with van der Waals surface area (Å²) < 4.78 is 4.51. The molecule has 10 heavy (non-hydrogen) atoms. The Morgan fingerprint density at radius 1 is 1.80 bits per heavy atom. The van der Waals surface area contributed by atoms with Crippen LogP contribution in [0.25, 0.3) is 0 Å². The van der Waals surface area contributed by atoms with Crippen LogP contribution in [0, 0.1) is 0 Å². The van der Waals surface area contributed by atoms with Crippen molar-refractivity contribution in [2.45, 2.75) is 6.92 Å². The topological polar surface area (TPSA) is 77.0 Å². The van der Waals surface area contributed by atoms with Crippen LogP contribution in [-0.2, 0) is 9.53 Å². The molecule has 0 aliphatic carbocycles. The molecule has 0 aromatic carbocycles. The van der Waals surface area contributed by atoms with E-state index in [1.807, 2.05) is 0 Å². The van der Waals surface area contributed by atoms with Crippen LogP contribution < -0.4 is 5.84 Å². The van der Waals surface area contributed by atoms with Crippen LogP contribution in [-0.4, -0.2) is 12.6 Å². The highest BCUT2D eigenvalue weighted by molar-refractivity contribution is 5.87. The van der Waals surface area contributed by atoms with E-state index in [0.717, 1.165) is 0 Å². The number of hydrogen-bond donors (Lipinski definition) is 1. The third-order valence-electron chi connectivity index (χ3n) is 0.690. The van der Waals surface area contributed by atoms with Gasteiger partial charge in [0.25, 0.3) is 0 Å². The summed E-state index contributed by atoms with van der Waals surface area (Å²) in [5.41, 5.74) is -0.0932. The Bertz CT molecular complexity index is 164. The van der Waals surface area contributed by atoms with Crippen LogP contribution in [0.2, 0.25) is 0 Å². The maximum atomic E-state index is 10.6. The number of esters is 1. The molecule has 0 rings (SSSR count). The van der Waals surface area contributed by atoms with E-state index >= 15 is 0 Å². The number of carbonyl (C=O) groups is 1. The maximum absolute atomic E-state index is 10.6. The van der Waals surface area contributed by atoms with Gasteiger partial charge in [0.05, 0.1) is 6.61 Å². The van der Waals surface area contributed by atoms with Gasteiger partial charge in [-0.3, -0.25) is 0 Å². The van der Waals surface area contributed by atoms with Gasteiger partial charge in [-0.15, -0.1) is 5.11 Å². The fourth-order valence-electron chi connectivity index (χ4n) is 0.325. The van der Waals surface area contributed by atoms with Crippen molar-refractivity contribution in [2.24, 2.45) is 16.2 Å². The smallest absolute Gasteiger partial charge is 0.358 e. The average Bonchev–Trinajstić information content (AvgIpc) is 1.89. The van der Waals surface area contributed by atoms with E-state index in [1.54, 1.807) is 6.92 Å². The van der Waals surface area contributed by atoms with Gasteiger partial charge in [-0.25, -0.2) is 4.79 Å². The molecule has 0 atom stereocenters. The first kappa shape index (κ1) is 8.61. The summed E-state index contributed by atoms with van der Waals surface area (Å²) in [5.74, 6) is 4.05. The highest BCUT2D eigenvalue weighted by Crippen LogP contribution is 1.95. The van der Waals surface area contributed by atoms with E-state index < -0.39 is 5.97 Å². The first-order chi connectivity index (χ1) is 4.72. The number of rotatable bonds is 3. The fourth-order valence-corrected chi connectivity index (χ4v) is 0.325. The minimum atomic E-state index is -0.600. The van der Waals surface area contributed by atoms with Gasteiger partial charge in [-0.1, -0.05) is 11.8 Å². The number of ether oxygens (including phenoxy) is 1. The van der Waals surface area contributed by atoms with E-state index in [4.69, 9.17) is 0 Å². The first-order valence-corrected chi connectivity index (χ1v) is 2.69. The Balaban J connectivity index is 3.83. The van der Waals surface area contributed by atoms with Crippen molar-refractivity contribution in [2.75, 3.05) is 6.61 Å². The Labute approximate surface area is 58.5 Å². The molecular formula is C5H9N3O2. The molecule has 0 radical (unpaired) electrons. The average molecular weight is 143 g/mol. The quantitative estimate of drug-likeness (QED) is 0.204. The van der Waals surface area contributed by atoms with Gasteiger partial charge in [-0.05, 0) is 6.92 Å². The normalized spacial score (nSPS) is 9.70. The molecule has 2 N–H and O–H groups in total. The van der Waals surface area contributed by atoms with Crippen molar-refractivity contribution < 1.29 is 9.53 Å². The molecule has 56 valence electrons. The Morgan fingerprint density at radius 2 is 2.40 bits per heavy atom. The molecule has 0 aliphatic heterocycles. The second kappa shape index (κ2) is 4.49. The van der Waals surface area contributed by atoms with Crippen LogP contribution in [0.3, 0.4) is 0 Å². The molecule has 0 bridgehead atoms. The van der Waals surface area contributed by atoms with Gasteiger partial charge in [0, 0.05) is 0 Å². The molecule has 0 saturated heterocycles. The molecule has 0 unspecified atom stereocenters. The lowest BCUT2D eigenvalue weighted by Crippen LogP contribution is -2.04. The summed E-state index contributed by atoms with van der Waals surface area (Å²) in [6.07, 6.45) is 0. The van der Waals surface area contributed by atoms with Gasteiger partial charge in [0.15, 0.2) is 5.70 Å². The molecule has 0 aromatic heterocycles. The van der Waals surface area contributed by atoms with Gasteiger partial charge in [0.1, 0.15) is 0 Å². The summed E-state index contributed by atoms with van der Waals surface area (Å²) in [6, 6.07) is 0. The molecule has 5 nitrogen and oxygen atoms in total. The van der Waals surface area contributed by atoms with Crippen molar-refractivity contribution in [1.82, 2.24) is 0 Å². The van der Waals surface area contributed by atoms with Crippen molar-refractivity contribution in [3.8, 4) is 0 Å². The third-order valence-corrected chi connectivity index (χ3v) is 0.690. The lowest BCUT2D eigenvalue weighted by atomic mass is 10.5. The molecule has 0 spiro atoms. The van der Waals surface area contributed by atoms with Crippen LogP contribution in [0.4, 0.5) is 0 Å². The SMILES string of the molecule is C=C(N=NN)C(=O)OCC. The zero-order valence-corrected chi connectivity index (χ0v) is 5.70. The molecule has 0 heterocycles. The van der Waals surface area contributed by atoms with Gasteiger partial charge in [0.2, 0.25) is 0 Å². The minimum Gasteiger partial charge on any atom is -0.461 e. The summed E-state index contributed by atoms with van der Waals surface area (Å²) >= 11 is 0. The summed E-state index contributed by atoms with van der Waals surface area (Å²) in [6.45, 7) is 5.22.